The molecule has 1 fully saturated rings. The zero-order valence-electron chi connectivity index (χ0n) is 9.79. The summed E-state index contributed by atoms with van der Waals surface area (Å²) in [5.74, 6) is -2.07. The van der Waals surface area contributed by atoms with E-state index in [4.69, 9.17) is 5.11 Å². The van der Waals surface area contributed by atoms with Crippen LogP contribution in [0.4, 0.5) is 18.0 Å². The minimum atomic E-state index is -5.04. The number of likely N-dealkylation sites (tertiary alicyclic amines) is 1. The highest BCUT2D eigenvalue weighted by atomic mass is 19.4. The van der Waals surface area contributed by atoms with Crippen molar-refractivity contribution in [3.8, 4) is 0 Å². The number of carboxylic acid groups (broad SMARTS) is 1. The first-order valence-corrected chi connectivity index (χ1v) is 5.52. The van der Waals surface area contributed by atoms with E-state index in [0.29, 0.717) is 6.42 Å². The van der Waals surface area contributed by atoms with Crippen LogP contribution in [-0.4, -0.2) is 46.9 Å². The van der Waals surface area contributed by atoms with E-state index in [-0.39, 0.29) is 24.5 Å². The van der Waals surface area contributed by atoms with Gasteiger partial charge in [0.1, 0.15) is 0 Å². The Balaban J connectivity index is 3.18. The third kappa shape index (κ3) is 2.23. The molecule has 0 aromatic rings. The summed E-state index contributed by atoms with van der Waals surface area (Å²) in [6, 6.07) is 0. The van der Waals surface area contributed by atoms with Crippen molar-refractivity contribution in [1.82, 2.24) is 4.90 Å². The molecule has 1 unspecified atom stereocenters. The second kappa shape index (κ2) is 5.03. The van der Waals surface area contributed by atoms with Gasteiger partial charge in [0.25, 0.3) is 0 Å². The maximum atomic E-state index is 13.1. The number of halogens is 3. The van der Waals surface area contributed by atoms with E-state index in [2.05, 4.69) is 4.74 Å². The number of hydrogen-bond donors (Lipinski definition) is 1. The molecule has 18 heavy (non-hydrogen) atoms. The third-order valence-corrected chi connectivity index (χ3v) is 2.94. The Kier molecular flexibility index (Phi) is 4.08. The topological polar surface area (TPSA) is 66.8 Å². The molecule has 0 bridgehead atoms. The van der Waals surface area contributed by atoms with E-state index in [1.807, 2.05) is 0 Å². The predicted molar refractivity (Wildman–Crippen MR) is 54.0 cm³/mol. The molecule has 0 aliphatic carbocycles. The molecule has 0 aromatic carbocycles. The zero-order chi connectivity index (χ0) is 14.0. The van der Waals surface area contributed by atoms with Crippen molar-refractivity contribution in [2.24, 2.45) is 0 Å². The smallest absolute Gasteiger partial charge is 0.422 e. The van der Waals surface area contributed by atoms with Crippen molar-refractivity contribution in [3.05, 3.63) is 0 Å². The summed E-state index contributed by atoms with van der Waals surface area (Å²) in [6.45, 7) is 1.06. The van der Waals surface area contributed by atoms with Gasteiger partial charge in [0.15, 0.2) is 0 Å². The van der Waals surface area contributed by atoms with E-state index in [9.17, 15) is 22.8 Å². The molecule has 1 rings (SSSR count). The van der Waals surface area contributed by atoms with Crippen molar-refractivity contribution in [3.63, 3.8) is 0 Å². The number of carboxylic acids is 1. The predicted octanol–water partition coefficient (Wildman–Crippen LogP) is 2.01. The van der Waals surface area contributed by atoms with Gasteiger partial charge in [-0.3, -0.25) is 4.90 Å². The Morgan fingerprint density at radius 2 is 2.00 bits per heavy atom. The molecular weight excluding hydrogens is 255 g/mol. The molecule has 8 heteroatoms. The normalized spacial score (nSPS) is 24.8. The minimum Gasteiger partial charge on any atom is -0.479 e. The number of alkyl halides is 3. The number of carbonyl (C=O) groups excluding carboxylic acids is 1. The standard InChI is InChI=1S/C10H14F3NO4/c1-2-18-8(17)14-6-4-3-5-9(14,7(15)16)10(11,12)13/h2-6H2,1H3,(H,15,16). The average molecular weight is 269 g/mol. The van der Waals surface area contributed by atoms with Crippen molar-refractivity contribution < 1.29 is 32.6 Å². The summed E-state index contributed by atoms with van der Waals surface area (Å²) >= 11 is 0. The number of nitrogens with zero attached hydrogens (tertiary/aromatic N) is 1. The van der Waals surface area contributed by atoms with Crippen LogP contribution in [0.15, 0.2) is 0 Å². The van der Waals surface area contributed by atoms with Crippen LogP contribution in [0.2, 0.25) is 0 Å². The van der Waals surface area contributed by atoms with Crippen LogP contribution in [0.1, 0.15) is 26.2 Å². The second-order valence-corrected chi connectivity index (χ2v) is 3.97. The Hall–Kier alpha value is -1.47. The van der Waals surface area contributed by atoms with Gasteiger partial charge in [0.2, 0.25) is 5.54 Å². The van der Waals surface area contributed by atoms with E-state index in [1.54, 1.807) is 0 Å². The zero-order valence-corrected chi connectivity index (χ0v) is 9.79. The van der Waals surface area contributed by atoms with Crippen molar-refractivity contribution in [2.75, 3.05) is 13.2 Å². The number of aliphatic carboxylic acids is 1. The van der Waals surface area contributed by atoms with Crippen molar-refractivity contribution >= 4 is 12.1 Å². The van der Waals surface area contributed by atoms with Gasteiger partial charge >= 0.3 is 18.2 Å². The first kappa shape index (κ1) is 14.6. The first-order chi connectivity index (χ1) is 8.27. The van der Waals surface area contributed by atoms with Gasteiger partial charge in [-0.2, -0.15) is 13.2 Å². The highest BCUT2D eigenvalue weighted by molar-refractivity contribution is 5.85. The Labute approximate surface area is 102 Å². The molecule has 1 aliphatic rings. The number of ether oxygens (including phenoxy) is 1. The lowest BCUT2D eigenvalue weighted by Crippen LogP contribution is -2.67. The van der Waals surface area contributed by atoms with Crippen molar-refractivity contribution in [2.45, 2.75) is 37.9 Å². The van der Waals surface area contributed by atoms with Gasteiger partial charge in [-0.05, 0) is 26.2 Å². The van der Waals surface area contributed by atoms with Gasteiger partial charge in [0, 0.05) is 6.54 Å². The van der Waals surface area contributed by atoms with E-state index < -0.39 is 30.2 Å². The fraction of sp³-hybridized carbons (Fsp3) is 0.800. The minimum absolute atomic E-state index is 0.0989. The van der Waals surface area contributed by atoms with Crippen molar-refractivity contribution in [1.29, 1.82) is 0 Å². The largest absolute Gasteiger partial charge is 0.479 e. The van der Waals surface area contributed by atoms with Gasteiger partial charge < -0.3 is 9.84 Å². The molecular formula is C10H14F3NO4. The highest BCUT2D eigenvalue weighted by Gasteiger charge is 2.66. The van der Waals surface area contributed by atoms with Crippen LogP contribution < -0.4 is 0 Å². The molecule has 1 heterocycles. The Bertz CT molecular complexity index is 345. The average Bonchev–Trinajstić information content (AvgIpc) is 2.27. The summed E-state index contributed by atoms with van der Waals surface area (Å²) in [5.41, 5.74) is -3.17. The second-order valence-electron chi connectivity index (χ2n) is 3.97. The van der Waals surface area contributed by atoms with Crippen LogP contribution in [0.3, 0.4) is 0 Å². The number of hydrogen-bond acceptors (Lipinski definition) is 3. The summed E-state index contributed by atoms with van der Waals surface area (Å²) in [4.78, 5) is 22.9. The molecule has 1 aliphatic heterocycles. The molecule has 104 valence electrons. The van der Waals surface area contributed by atoms with Crippen LogP contribution >= 0.6 is 0 Å². The number of rotatable bonds is 2. The van der Waals surface area contributed by atoms with E-state index in [0.717, 1.165) is 0 Å². The SMILES string of the molecule is CCOC(=O)N1CCCCC1(C(=O)O)C(F)(F)F. The molecule has 1 saturated heterocycles. The number of carbonyl (C=O) groups is 2. The number of amides is 1. The molecule has 5 nitrogen and oxygen atoms in total. The molecule has 1 N–H and O–H groups in total. The maximum Gasteiger partial charge on any atom is 0.422 e. The fourth-order valence-corrected chi connectivity index (χ4v) is 2.06. The molecule has 1 amide bonds. The highest BCUT2D eigenvalue weighted by Crippen LogP contribution is 2.42. The van der Waals surface area contributed by atoms with Gasteiger partial charge in [0.05, 0.1) is 6.61 Å². The first-order valence-electron chi connectivity index (χ1n) is 5.52. The van der Waals surface area contributed by atoms with E-state index in [1.165, 1.54) is 6.92 Å². The molecule has 0 radical (unpaired) electrons. The maximum absolute atomic E-state index is 13.1. The number of piperidine rings is 1. The Morgan fingerprint density at radius 1 is 1.39 bits per heavy atom. The fourth-order valence-electron chi connectivity index (χ4n) is 2.06. The van der Waals surface area contributed by atoms with E-state index >= 15 is 0 Å². The molecule has 1 atom stereocenters. The van der Waals surface area contributed by atoms with Gasteiger partial charge in [-0.1, -0.05) is 0 Å². The summed E-state index contributed by atoms with van der Waals surface area (Å²) in [7, 11) is 0. The lowest BCUT2D eigenvalue weighted by Gasteiger charge is -2.43. The lowest BCUT2D eigenvalue weighted by atomic mass is 9.86. The Morgan fingerprint density at radius 3 is 2.44 bits per heavy atom. The van der Waals surface area contributed by atoms with Gasteiger partial charge in [-0.25, -0.2) is 9.59 Å². The van der Waals surface area contributed by atoms with Crippen LogP contribution in [-0.2, 0) is 9.53 Å². The summed E-state index contributed by atoms with van der Waals surface area (Å²) in [6.07, 6.45) is -6.50. The van der Waals surface area contributed by atoms with Crippen LogP contribution in [0, 0.1) is 0 Å². The molecule has 0 saturated carbocycles. The summed E-state index contributed by atoms with van der Waals surface area (Å²) in [5, 5.41) is 8.94. The molecule has 0 spiro atoms. The summed E-state index contributed by atoms with van der Waals surface area (Å²) < 4.78 is 43.7. The van der Waals surface area contributed by atoms with Gasteiger partial charge in [-0.15, -0.1) is 0 Å². The van der Waals surface area contributed by atoms with Crippen LogP contribution in [0.25, 0.3) is 0 Å². The van der Waals surface area contributed by atoms with Crippen LogP contribution in [0.5, 0.6) is 0 Å². The quantitative estimate of drug-likeness (QED) is 0.832. The lowest BCUT2D eigenvalue weighted by molar-refractivity contribution is -0.239. The monoisotopic (exact) mass is 269 g/mol. The third-order valence-electron chi connectivity index (χ3n) is 2.94. The molecule has 0 aromatic heterocycles.